The number of likely N-dealkylation sites (tertiary alicyclic amines) is 1. The van der Waals surface area contributed by atoms with E-state index >= 15 is 0 Å². The molecule has 198 valence electrons. The molecule has 1 fully saturated rings. The Hall–Kier alpha value is -3.18. The molecular formula is C25H37N5O6. The number of para-hydroxylation sites is 1. The minimum atomic E-state index is -1.10. The van der Waals surface area contributed by atoms with Gasteiger partial charge < -0.3 is 36.0 Å². The van der Waals surface area contributed by atoms with E-state index in [1.54, 1.807) is 24.3 Å². The molecule has 2 heterocycles. The second-order valence-corrected chi connectivity index (χ2v) is 9.05. The molecule has 4 amide bonds. The third-order valence-electron chi connectivity index (χ3n) is 6.30. The van der Waals surface area contributed by atoms with Gasteiger partial charge in [-0.15, -0.1) is 0 Å². The fourth-order valence-corrected chi connectivity index (χ4v) is 4.25. The average molecular weight is 504 g/mol. The highest BCUT2D eigenvalue weighted by atomic mass is 16.5. The summed E-state index contributed by atoms with van der Waals surface area (Å²) in [7, 11) is 0. The van der Waals surface area contributed by atoms with E-state index in [-0.39, 0.29) is 37.5 Å². The van der Waals surface area contributed by atoms with Gasteiger partial charge in [-0.2, -0.15) is 0 Å². The van der Waals surface area contributed by atoms with Crippen LogP contribution in [0.15, 0.2) is 24.3 Å². The van der Waals surface area contributed by atoms with Crippen molar-refractivity contribution in [3.05, 3.63) is 29.8 Å². The molecule has 0 radical (unpaired) electrons. The van der Waals surface area contributed by atoms with Crippen molar-refractivity contribution in [2.24, 2.45) is 0 Å². The lowest BCUT2D eigenvalue weighted by Crippen LogP contribution is -2.51. The van der Waals surface area contributed by atoms with Crippen molar-refractivity contribution in [1.29, 1.82) is 0 Å². The van der Waals surface area contributed by atoms with Crippen LogP contribution in [0.1, 0.15) is 48.9 Å². The van der Waals surface area contributed by atoms with E-state index in [9.17, 15) is 24.3 Å². The second kappa shape index (κ2) is 14.4. The van der Waals surface area contributed by atoms with Gasteiger partial charge in [-0.25, -0.2) is 0 Å². The van der Waals surface area contributed by atoms with Gasteiger partial charge in [0, 0.05) is 26.1 Å². The molecule has 2 aliphatic rings. The van der Waals surface area contributed by atoms with Crippen molar-refractivity contribution >= 4 is 23.6 Å². The van der Waals surface area contributed by atoms with Crippen molar-refractivity contribution in [1.82, 2.24) is 26.2 Å². The van der Waals surface area contributed by atoms with Gasteiger partial charge in [0.25, 0.3) is 5.91 Å². The Morgan fingerprint density at radius 2 is 1.86 bits per heavy atom. The monoisotopic (exact) mass is 503 g/mol. The van der Waals surface area contributed by atoms with Gasteiger partial charge in [0.15, 0.2) is 0 Å². The van der Waals surface area contributed by atoms with E-state index in [0.717, 1.165) is 32.5 Å². The number of rotatable bonds is 5. The van der Waals surface area contributed by atoms with Crippen LogP contribution in [0.3, 0.4) is 0 Å². The van der Waals surface area contributed by atoms with Crippen LogP contribution in [0.5, 0.6) is 5.75 Å². The molecule has 0 aromatic heterocycles. The minimum absolute atomic E-state index is 0.0237. The Labute approximate surface area is 211 Å². The molecule has 0 saturated carbocycles. The average Bonchev–Trinajstić information content (AvgIpc) is 2.89. The lowest BCUT2D eigenvalue weighted by atomic mass is 10.1. The van der Waals surface area contributed by atoms with Crippen LogP contribution in [0.2, 0.25) is 0 Å². The summed E-state index contributed by atoms with van der Waals surface area (Å²) < 4.78 is 5.75. The molecule has 5 N–H and O–H groups in total. The number of nitrogens with zero attached hydrogens (tertiary/aromatic N) is 1. The molecule has 0 aliphatic carbocycles. The highest BCUT2D eigenvalue weighted by Gasteiger charge is 2.26. The molecule has 2 aliphatic heterocycles. The van der Waals surface area contributed by atoms with Crippen LogP contribution in [-0.2, 0) is 14.4 Å². The molecule has 1 aromatic carbocycles. The first-order chi connectivity index (χ1) is 17.5. The van der Waals surface area contributed by atoms with Crippen LogP contribution in [0.4, 0.5) is 0 Å². The van der Waals surface area contributed by atoms with E-state index in [1.807, 2.05) is 0 Å². The van der Waals surface area contributed by atoms with Crippen LogP contribution in [0.25, 0.3) is 0 Å². The Morgan fingerprint density at radius 3 is 2.64 bits per heavy atom. The van der Waals surface area contributed by atoms with Crippen LogP contribution >= 0.6 is 0 Å². The predicted molar refractivity (Wildman–Crippen MR) is 132 cm³/mol. The molecule has 2 atom stereocenters. The summed E-state index contributed by atoms with van der Waals surface area (Å²) in [6.07, 6.45) is 3.88. The van der Waals surface area contributed by atoms with Gasteiger partial charge in [-0.3, -0.25) is 19.2 Å². The van der Waals surface area contributed by atoms with Crippen molar-refractivity contribution < 1.29 is 29.0 Å². The van der Waals surface area contributed by atoms with E-state index in [2.05, 4.69) is 26.2 Å². The maximum atomic E-state index is 13.1. The summed E-state index contributed by atoms with van der Waals surface area (Å²) >= 11 is 0. The number of carbonyl (C=O) groups excluding carboxylic acids is 4. The number of hydrogen-bond acceptors (Lipinski definition) is 7. The largest absolute Gasteiger partial charge is 0.493 e. The first-order valence-electron chi connectivity index (χ1n) is 12.7. The van der Waals surface area contributed by atoms with Crippen molar-refractivity contribution in [2.45, 2.75) is 50.6 Å². The molecule has 11 nitrogen and oxygen atoms in total. The van der Waals surface area contributed by atoms with Gasteiger partial charge in [-0.1, -0.05) is 18.6 Å². The van der Waals surface area contributed by atoms with Crippen molar-refractivity contribution in [3.63, 3.8) is 0 Å². The maximum absolute atomic E-state index is 13.1. The molecule has 36 heavy (non-hydrogen) atoms. The number of carbonyl (C=O) groups is 4. The summed E-state index contributed by atoms with van der Waals surface area (Å²) in [6.45, 7) is 3.12. The van der Waals surface area contributed by atoms with E-state index in [0.29, 0.717) is 18.7 Å². The fourth-order valence-electron chi connectivity index (χ4n) is 4.25. The topological polar surface area (TPSA) is 149 Å². The number of piperidine rings is 1. The summed E-state index contributed by atoms with van der Waals surface area (Å²) in [5.41, 5.74) is 0.282. The highest BCUT2D eigenvalue weighted by Crippen LogP contribution is 2.18. The van der Waals surface area contributed by atoms with E-state index in [4.69, 9.17) is 4.74 Å². The highest BCUT2D eigenvalue weighted by molar-refractivity contribution is 5.99. The van der Waals surface area contributed by atoms with Crippen LogP contribution in [0, 0.1) is 0 Å². The Bertz CT molecular complexity index is 905. The van der Waals surface area contributed by atoms with Crippen molar-refractivity contribution in [2.75, 3.05) is 45.9 Å². The first-order valence-corrected chi connectivity index (χ1v) is 12.7. The quantitative estimate of drug-likeness (QED) is 0.365. The van der Waals surface area contributed by atoms with Gasteiger partial charge in [-0.05, 0) is 50.9 Å². The predicted octanol–water partition coefficient (Wildman–Crippen LogP) is -0.457. The van der Waals surface area contributed by atoms with E-state index < -0.39 is 36.4 Å². The number of aliphatic hydroxyl groups is 1. The summed E-state index contributed by atoms with van der Waals surface area (Å²) in [6, 6.07) is 4.66. The summed E-state index contributed by atoms with van der Waals surface area (Å²) in [5.74, 6) is -1.50. The SMILES string of the molecule is O=C1CC[C@@H](C(=O)NCCN2CCCCC2)NC(=O)c2ccccc2OCCCNC(=O)C(CO)N1. The van der Waals surface area contributed by atoms with Crippen molar-refractivity contribution in [3.8, 4) is 5.75 Å². The van der Waals surface area contributed by atoms with Crippen LogP contribution in [-0.4, -0.2) is 91.7 Å². The molecule has 1 aromatic rings. The zero-order valence-corrected chi connectivity index (χ0v) is 20.6. The zero-order chi connectivity index (χ0) is 25.8. The van der Waals surface area contributed by atoms with E-state index in [1.165, 1.54) is 6.42 Å². The lowest BCUT2D eigenvalue weighted by molar-refractivity contribution is -0.130. The molecule has 11 heteroatoms. The number of hydrogen-bond donors (Lipinski definition) is 5. The molecule has 0 spiro atoms. The molecule has 3 rings (SSSR count). The molecule has 0 bridgehead atoms. The Kier molecular flexibility index (Phi) is 11.0. The van der Waals surface area contributed by atoms with Gasteiger partial charge in [0.2, 0.25) is 17.7 Å². The number of fused-ring (bicyclic) bond motifs is 1. The normalized spacial score (nSPS) is 22.9. The molecule has 1 unspecified atom stereocenters. The number of ether oxygens (including phenoxy) is 1. The van der Waals surface area contributed by atoms with Crippen LogP contribution < -0.4 is 26.0 Å². The first kappa shape index (κ1) is 27.4. The number of benzene rings is 1. The molecular weight excluding hydrogens is 466 g/mol. The summed E-state index contributed by atoms with van der Waals surface area (Å²) in [5, 5.41) is 20.3. The number of aliphatic hydroxyl groups excluding tert-OH is 1. The zero-order valence-electron chi connectivity index (χ0n) is 20.6. The Morgan fingerprint density at radius 1 is 1.08 bits per heavy atom. The van der Waals surface area contributed by atoms with Gasteiger partial charge >= 0.3 is 0 Å². The van der Waals surface area contributed by atoms with Gasteiger partial charge in [0.1, 0.15) is 17.8 Å². The third kappa shape index (κ3) is 8.49. The summed E-state index contributed by atoms with van der Waals surface area (Å²) in [4.78, 5) is 53.2. The standard InChI is InChI=1S/C25H37N5O6/c31-17-20-25(35)26-11-6-16-36-21-8-3-2-7-18(21)23(33)29-19(9-10-22(32)28-20)24(34)27-12-15-30-13-4-1-5-14-30/h2-3,7-8,19-20,31H,1,4-6,9-17H2,(H,26,35)(H,27,34)(H,28,32)(H,29,33)/t19-,20?/m0/s1. The number of nitrogens with one attached hydrogen (secondary N) is 4. The fraction of sp³-hybridized carbons (Fsp3) is 0.600. The second-order valence-electron chi connectivity index (χ2n) is 9.05. The lowest BCUT2D eigenvalue weighted by Gasteiger charge is -2.27. The molecule has 1 saturated heterocycles. The minimum Gasteiger partial charge on any atom is -0.493 e. The Balaban J connectivity index is 1.71. The maximum Gasteiger partial charge on any atom is 0.255 e. The third-order valence-corrected chi connectivity index (χ3v) is 6.30. The smallest absolute Gasteiger partial charge is 0.255 e. The van der Waals surface area contributed by atoms with Gasteiger partial charge in [0.05, 0.1) is 18.8 Å². The number of amides is 4.